The third kappa shape index (κ3) is 2.29. The van der Waals surface area contributed by atoms with Gasteiger partial charge in [0.05, 0.1) is 0 Å². The molecule has 0 aromatic heterocycles. The Bertz CT molecular complexity index is 226. The zero-order valence-corrected chi connectivity index (χ0v) is 9.26. The Morgan fingerprint density at radius 1 is 1.07 bits per heavy atom. The second-order valence-electron chi connectivity index (χ2n) is 4.59. The average molecular weight is 189 g/mol. The molecule has 0 unspecified atom stereocenters. The first-order chi connectivity index (χ1) is 6.90. The van der Waals surface area contributed by atoms with Gasteiger partial charge >= 0.3 is 0 Å². The van der Waals surface area contributed by atoms with Crippen LogP contribution in [0.1, 0.15) is 51.9 Å². The Labute approximate surface area is 88.1 Å². The van der Waals surface area contributed by atoms with E-state index in [1.807, 2.05) is 0 Å². The van der Waals surface area contributed by atoms with Gasteiger partial charge in [0.15, 0.2) is 0 Å². The molecule has 14 heavy (non-hydrogen) atoms. The van der Waals surface area contributed by atoms with Crippen molar-refractivity contribution in [3.05, 3.63) is 29.7 Å². The fourth-order valence-corrected chi connectivity index (χ4v) is 2.60. The quantitative estimate of drug-likeness (QED) is 0.563. The Hall–Kier alpha value is -0.520. The zero-order chi connectivity index (χ0) is 9.80. The third-order valence-electron chi connectivity index (χ3n) is 3.58. The molecular weight excluding hydrogens is 168 g/mol. The van der Waals surface area contributed by atoms with Gasteiger partial charge in [0.25, 0.3) is 0 Å². The Morgan fingerprint density at radius 2 is 1.79 bits per heavy atom. The lowest BCUT2D eigenvalue weighted by Crippen LogP contribution is -2.00. The maximum Gasteiger partial charge on any atom is 0.0193 e. The summed E-state index contributed by atoms with van der Waals surface area (Å²) in [5, 5.41) is 0. The van der Waals surface area contributed by atoms with Gasteiger partial charge < -0.3 is 0 Å². The van der Waals surface area contributed by atoms with Gasteiger partial charge in [-0.2, -0.15) is 0 Å². The molecule has 1 saturated carbocycles. The van der Waals surface area contributed by atoms with Crippen LogP contribution < -0.4 is 0 Å². The van der Waals surface area contributed by atoms with Gasteiger partial charge in [0.1, 0.15) is 0 Å². The van der Waals surface area contributed by atoms with E-state index >= 15 is 0 Å². The molecule has 1 radical (unpaired) electrons. The molecule has 0 saturated heterocycles. The van der Waals surface area contributed by atoms with Crippen LogP contribution >= 0.6 is 0 Å². The summed E-state index contributed by atoms with van der Waals surface area (Å²) >= 11 is 0. The van der Waals surface area contributed by atoms with Gasteiger partial charge in [-0.25, -0.2) is 0 Å². The second-order valence-corrected chi connectivity index (χ2v) is 4.59. The average Bonchev–Trinajstić information content (AvgIpc) is 2.53. The molecule has 0 nitrogen and oxygen atoms in total. The summed E-state index contributed by atoms with van der Waals surface area (Å²) in [6.45, 7) is 2.24. The van der Waals surface area contributed by atoms with Crippen molar-refractivity contribution in [3.63, 3.8) is 0 Å². The molecule has 0 aliphatic heterocycles. The van der Waals surface area contributed by atoms with Crippen molar-refractivity contribution in [2.24, 2.45) is 5.92 Å². The van der Waals surface area contributed by atoms with Crippen molar-refractivity contribution < 1.29 is 0 Å². The summed E-state index contributed by atoms with van der Waals surface area (Å²) in [7, 11) is 0. The van der Waals surface area contributed by atoms with Crippen molar-refractivity contribution in [3.8, 4) is 0 Å². The summed E-state index contributed by atoms with van der Waals surface area (Å²) in [4.78, 5) is 0. The molecular formula is C14H21. The van der Waals surface area contributed by atoms with Crippen LogP contribution in [0, 0.1) is 11.8 Å². The van der Waals surface area contributed by atoms with Crippen LogP contribution in [-0.2, 0) is 0 Å². The number of rotatable bonds is 2. The lowest BCUT2D eigenvalue weighted by Gasteiger charge is -2.13. The highest BCUT2D eigenvalue weighted by molar-refractivity contribution is 5.42. The van der Waals surface area contributed by atoms with E-state index in [0.29, 0.717) is 0 Å². The first-order valence-electron chi connectivity index (χ1n) is 6.15. The molecule has 0 aromatic carbocycles. The molecule has 0 amide bonds. The summed E-state index contributed by atoms with van der Waals surface area (Å²) in [6, 6.07) is 0. The maximum atomic E-state index is 2.43. The van der Waals surface area contributed by atoms with Crippen LogP contribution in [0.2, 0.25) is 0 Å². The topological polar surface area (TPSA) is 0 Å². The number of hydrogen-bond donors (Lipinski definition) is 0. The smallest absolute Gasteiger partial charge is 0.0193 e. The van der Waals surface area contributed by atoms with E-state index < -0.39 is 0 Å². The van der Waals surface area contributed by atoms with Crippen LogP contribution in [0.3, 0.4) is 0 Å². The molecule has 1 fully saturated rings. The summed E-state index contributed by atoms with van der Waals surface area (Å²) < 4.78 is 0. The van der Waals surface area contributed by atoms with Crippen LogP contribution in [0.25, 0.3) is 0 Å². The minimum absolute atomic E-state index is 0.873. The van der Waals surface area contributed by atoms with Gasteiger partial charge in [-0.15, -0.1) is 0 Å². The van der Waals surface area contributed by atoms with Gasteiger partial charge in [-0.1, -0.05) is 50.8 Å². The molecule has 0 bridgehead atoms. The highest BCUT2D eigenvalue weighted by Gasteiger charge is 2.18. The van der Waals surface area contributed by atoms with Crippen LogP contribution in [0.5, 0.6) is 0 Å². The van der Waals surface area contributed by atoms with E-state index in [0.717, 1.165) is 5.92 Å². The molecule has 0 aromatic rings. The third-order valence-corrected chi connectivity index (χ3v) is 3.58. The van der Waals surface area contributed by atoms with Gasteiger partial charge in [-0.3, -0.25) is 0 Å². The Balaban J connectivity index is 1.97. The van der Waals surface area contributed by atoms with E-state index in [9.17, 15) is 0 Å². The molecule has 0 atom stereocenters. The molecule has 2 aliphatic carbocycles. The van der Waals surface area contributed by atoms with Crippen LogP contribution in [0.4, 0.5) is 0 Å². The van der Waals surface area contributed by atoms with Crippen molar-refractivity contribution in [2.75, 3.05) is 0 Å². The highest BCUT2D eigenvalue weighted by atomic mass is 14.2. The first-order valence-corrected chi connectivity index (χ1v) is 6.15. The zero-order valence-electron chi connectivity index (χ0n) is 9.26. The molecule has 0 heteroatoms. The van der Waals surface area contributed by atoms with E-state index in [1.165, 1.54) is 50.9 Å². The first kappa shape index (κ1) is 10.0. The number of hydrogen-bond acceptors (Lipinski definition) is 0. The lowest BCUT2D eigenvalue weighted by atomic mass is 9.92. The van der Waals surface area contributed by atoms with E-state index in [2.05, 4.69) is 25.2 Å². The second kappa shape index (κ2) is 4.82. The predicted octanol–water partition coefficient (Wildman–Crippen LogP) is 4.44. The fraction of sp³-hybridized carbons (Fsp3) is 0.643. The minimum atomic E-state index is 0.873. The minimum Gasteiger partial charge on any atom is -0.0731 e. The standard InChI is InChI=1S/C14H21/c1-2-12-9-10-14(11-12)13-7-5-3-4-6-8-13/h9-11,13H,2-8H2,1H3. The van der Waals surface area contributed by atoms with E-state index in [1.54, 1.807) is 5.57 Å². The van der Waals surface area contributed by atoms with Gasteiger partial charge in [0, 0.05) is 5.92 Å². The Morgan fingerprint density at radius 3 is 2.36 bits per heavy atom. The van der Waals surface area contributed by atoms with Crippen LogP contribution in [0.15, 0.2) is 23.8 Å². The van der Waals surface area contributed by atoms with Gasteiger partial charge in [0.2, 0.25) is 0 Å². The molecule has 77 valence electrons. The lowest BCUT2D eigenvalue weighted by molar-refractivity contribution is 0.540. The molecule has 2 rings (SSSR count). The normalized spacial score (nSPS) is 25.1. The monoisotopic (exact) mass is 189 g/mol. The molecule has 0 heterocycles. The summed E-state index contributed by atoms with van der Waals surface area (Å²) in [5.41, 5.74) is 1.61. The molecule has 0 spiro atoms. The van der Waals surface area contributed by atoms with Crippen molar-refractivity contribution in [2.45, 2.75) is 51.9 Å². The largest absolute Gasteiger partial charge is 0.0731 e. The summed E-state index contributed by atoms with van der Waals surface area (Å²) in [5.74, 6) is 2.39. The van der Waals surface area contributed by atoms with E-state index in [4.69, 9.17) is 0 Å². The van der Waals surface area contributed by atoms with Crippen molar-refractivity contribution >= 4 is 0 Å². The van der Waals surface area contributed by atoms with E-state index in [-0.39, 0.29) is 0 Å². The van der Waals surface area contributed by atoms with Crippen LogP contribution in [-0.4, -0.2) is 0 Å². The predicted molar refractivity (Wildman–Crippen MR) is 61.9 cm³/mol. The highest BCUT2D eigenvalue weighted by Crippen LogP contribution is 2.34. The summed E-state index contributed by atoms with van der Waals surface area (Å²) in [6.07, 6.45) is 16.9. The van der Waals surface area contributed by atoms with Crippen molar-refractivity contribution in [1.82, 2.24) is 0 Å². The molecule has 0 N–H and O–H groups in total. The van der Waals surface area contributed by atoms with Gasteiger partial charge in [-0.05, 0) is 30.8 Å². The fourth-order valence-electron chi connectivity index (χ4n) is 2.60. The SMILES string of the molecule is CC[C]1C=CC(C2CCCCCC2)=C1. The van der Waals surface area contributed by atoms with Crippen molar-refractivity contribution in [1.29, 1.82) is 0 Å². The molecule has 2 aliphatic rings. The number of allylic oxidation sites excluding steroid dienone is 4. The Kier molecular flexibility index (Phi) is 3.44. The maximum absolute atomic E-state index is 2.43.